The predicted octanol–water partition coefficient (Wildman–Crippen LogP) is 4.62. The minimum Gasteiger partial charge on any atom is -0.495 e. The van der Waals surface area contributed by atoms with E-state index in [0.717, 1.165) is 60.1 Å². The Balaban J connectivity index is 1.26. The number of hydrogen-bond acceptors (Lipinski definition) is 9. The molecule has 1 unspecified atom stereocenters. The fourth-order valence-electron chi connectivity index (χ4n) is 5.53. The van der Waals surface area contributed by atoms with Gasteiger partial charge in [0.2, 0.25) is 0 Å². The maximum atomic E-state index is 12.3. The fourth-order valence-corrected chi connectivity index (χ4v) is 5.65. The topological polar surface area (TPSA) is 92.5 Å². The van der Waals surface area contributed by atoms with Crippen LogP contribution >= 0.6 is 11.6 Å². The van der Waals surface area contributed by atoms with Crippen LogP contribution in [0.5, 0.6) is 5.75 Å². The van der Waals surface area contributed by atoms with Crippen LogP contribution in [0.25, 0.3) is 11.3 Å². The lowest BCUT2D eigenvalue weighted by Gasteiger charge is -2.37. The molecule has 42 heavy (non-hydrogen) atoms. The van der Waals surface area contributed by atoms with Gasteiger partial charge < -0.3 is 24.3 Å². The summed E-state index contributed by atoms with van der Waals surface area (Å²) in [6.07, 6.45) is -0.711. The quantitative estimate of drug-likeness (QED) is 0.373. The third-order valence-corrected chi connectivity index (χ3v) is 7.71. The molecule has 3 aromatic rings. The third kappa shape index (κ3) is 7.36. The van der Waals surface area contributed by atoms with Crippen molar-refractivity contribution in [3.63, 3.8) is 0 Å². The number of aliphatic hydroxyl groups excluding tert-OH is 1. The van der Waals surface area contributed by atoms with E-state index in [1.165, 1.54) is 0 Å². The monoisotopic (exact) mass is 597 g/mol. The normalized spacial score (nSPS) is 17.0. The van der Waals surface area contributed by atoms with Crippen molar-refractivity contribution in [2.24, 2.45) is 0 Å². The number of hydrogen-bond donors (Lipinski definition) is 1. The van der Waals surface area contributed by atoms with Gasteiger partial charge in [0.25, 0.3) is 0 Å². The minimum atomic E-state index is -0.729. The zero-order chi connectivity index (χ0) is 29.9. The molecule has 0 amide bonds. The van der Waals surface area contributed by atoms with Crippen molar-refractivity contribution in [1.82, 2.24) is 19.7 Å². The van der Waals surface area contributed by atoms with E-state index in [0.29, 0.717) is 37.6 Å². The molecule has 1 N–H and O–H groups in total. The van der Waals surface area contributed by atoms with Gasteiger partial charge in [-0.25, -0.2) is 4.79 Å². The SMILES string of the molecule is COc1ccccc1N1CCN(CC(O)Cn2nc(-c3ccc(Cl)cc3)c3c2CCN(OC(=O)OC(C)(C)C)C3)CC1. The molecule has 10 nitrogen and oxygen atoms in total. The number of anilines is 1. The van der Waals surface area contributed by atoms with Gasteiger partial charge in [-0.3, -0.25) is 9.58 Å². The van der Waals surface area contributed by atoms with Crippen LogP contribution in [0.3, 0.4) is 0 Å². The Labute approximate surface area is 252 Å². The van der Waals surface area contributed by atoms with Crippen molar-refractivity contribution >= 4 is 23.4 Å². The second-order valence-corrected chi connectivity index (χ2v) is 12.2. The van der Waals surface area contributed by atoms with Gasteiger partial charge in [-0.05, 0) is 45.0 Å². The van der Waals surface area contributed by atoms with Crippen molar-refractivity contribution in [1.29, 1.82) is 0 Å². The number of halogens is 1. The van der Waals surface area contributed by atoms with Crippen molar-refractivity contribution in [2.45, 2.75) is 52.0 Å². The van der Waals surface area contributed by atoms with Gasteiger partial charge in [0.15, 0.2) is 0 Å². The molecule has 0 aliphatic carbocycles. The molecule has 0 saturated carbocycles. The number of aromatic nitrogens is 2. The van der Waals surface area contributed by atoms with E-state index in [1.807, 2.05) is 47.1 Å². The first-order chi connectivity index (χ1) is 20.1. The van der Waals surface area contributed by atoms with Gasteiger partial charge in [0.1, 0.15) is 11.4 Å². The van der Waals surface area contributed by atoms with Crippen LogP contribution in [0.15, 0.2) is 48.5 Å². The largest absolute Gasteiger partial charge is 0.528 e. The number of para-hydroxylation sites is 2. The van der Waals surface area contributed by atoms with Crippen LogP contribution in [0.2, 0.25) is 5.02 Å². The fraction of sp³-hybridized carbons (Fsp3) is 0.484. The Kier molecular flexibility index (Phi) is 9.27. The second-order valence-electron chi connectivity index (χ2n) is 11.7. The van der Waals surface area contributed by atoms with Crippen LogP contribution in [-0.2, 0) is 29.1 Å². The number of carbonyl (C=O) groups excluding carboxylic acids is 1. The highest BCUT2D eigenvalue weighted by Gasteiger charge is 2.30. The van der Waals surface area contributed by atoms with Gasteiger partial charge >= 0.3 is 6.16 Å². The first-order valence-electron chi connectivity index (χ1n) is 14.4. The molecule has 3 heterocycles. The molecule has 1 fully saturated rings. The number of fused-ring (bicyclic) bond motifs is 1. The molecule has 2 aliphatic rings. The lowest BCUT2D eigenvalue weighted by atomic mass is 10.0. The highest BCUT2D eigenvalue weighted by Crippen LogP contribution is 2.32. The average molecular weight is 598 g/mol. The molecule has 11 heteroatoms. The summed E-state index contributed by atoms with van der Waals surface area (Å²) in [7, 11) is 1.70. The maximum Gasteiger partial charge on any atom is 0.528 e. The molecule has 1 aromatic heterocycles. The van der Waals surface area contributed by atoms with Crippen molar-refractivity contribution in [3.8, 4) is 17.0 Å². The first kappa shape index (κ1) is 30.2. The van der Waals surface area contributed by atoms with Crippen molar-refractivity contribution in [3.05, 3.63) is 64.8 Å². The standard InChI is InChI=1S/C31H40ClN5O5/c1-31(2,3)41-30(39)42-36-14-13-26-25(21-36)29(22-9-11-23(32)12-10-22)33-37(26)20-24(38)19-34-15-17-35(18-16-34)27-7-5-6-8-28(27)40-4/h5-12,24,38H,13-21H2,1-4H3. The van der Waals surface area contributed by atoms with E-state index in [9.17, 15) is 9.90 Å². The zero-order valence-electron chi connectivity index (χ0n) is 24.8. The Hall–Kier alpha value is -3.31. The molecular weight excluding hydrogens is 558 g/mol. The molecule has 5 rings (SSSR count). The van der Waals surface area contributed by atoms with Crippen LogP contribution < -0.4 is 9.64 Å². The molecule has 0 bridgehead atoms. The lowest BCUT2D eigenvalue weighted by Crippen LogP contribution is -2.49. The number of β-amino-alcohol motifs (C(OH)–C–C–N with tert-alkyl or cyclic N) is 1. The summed E-state index contributed by atoms with van der Waals surface area (Å²) < 4.78 is 12.8. The lowest BCUT2D eigenvalue weighted by molar-refractivity contribution is -0.151. The number of piperazine rings is 1. The second kappa shape index (κ2) is 12.9. The zero-order valence-corrected chi connectivity index (χ0v) is 25.5. The van der Waals surface area contributed by atoms with E-state index < -0.39 is 17.9 Å². The summed E-state index contributed by atoms with van der Waals surface area (Å²) in [4.78, 5) is 22.5. The molecule has 0 radical (unpaired) electrons. The molecule has 2 aromatic carbocycles. The number of ether oxygens (including phenoxy) is 2. The molecule has 226 valence electrons. The molecule has 1 saturated heterocycles. The number of nitrogens with zero attached hydrogens (tertiary/aromatic N) is 5. The third-order valence-electron chi connectivity index (χ3n) is 7.46. The Bertz CT molecular complexity index is 1370. The average Bonchev–Trinajstić information content (AvgIpc) is 3.30. The summed E-state index contributed by atoms with van der Waals surface area (Å²) in [6.45, 7) is 10.6. The Morgan fingerprint density at radius 2 is 1.74 bits per heavy atom. The van der Waals surface area contributed by atoms with Crippen molar-refractivity contribution in [2.75, 3.05) is 51.3 Å². The minimum absolute atomic E-state index is 0.369. The van der Waals surface area contributed by atoms with Crippen LogP contribution in [0.1, 0.15) is 32.0 Å². The van der Waals surface area contributed by atoms with Gasteiger partial charge in [0.05, 0.1) is 37.7 Å². The Morgan fingerprint density at radius 1 is 1.02 bits per heavy atom. The summed E-state index contributed by atoms with van der Waals surface area (Å²) in [6, 6.07) is 15.6. The summed E-state index contributed by atoms with van der Waals surface area (Å²) in [5.74, 6) is 0.876. The van der Waals surface area contributed by atoms with E-state index in [2.05, 4.69) is 15.9 Å². The van der Waals surface area contributed by atoms with Crippen molar-refractivity contribution < 1.29 is 24.2 Å². The van der Waals surface area contributed by atoms with Gasteiger partial charge in [-0.1, -0.05) is 35.9 Å². The van der Waals surface area contributed by atoms with Gasteiger partial charge in [-0.15, -0.1) is 5.06 Å². The number of carbonyl (C=O) groups is 1. The summed E-state index contributed by atoms with van der Waals surface area (Å²) >= 11 is 6.15. The molecular formula is C31H40ClN5O5. The number of benzene rings is 2. The van der Waals surface area contributed by atoms with E-state index in [4.69, 9.17) is 31.0 Å². The van der Waals surface area contributed by atoms with E-state index in [-0.39, 0.29) is 0 Å². The number of rotatable bonds is 8. The highest BCUT2D eigenvalue weighted by molar-refractivity contribution is 6.30. The highest BCUT2D eigenvalue weighted by atomic mass is 35.5. The molecule has 0 spiro atoms. The summed E-state index contributed by atoms with van der Waals surface area (Å²) in [5, 5.41) is 18.4. The first-order valence-corrected chi connectivity index (χ1v) is 14.8. The number of methoxy groups -OCH3 is 1. The smallest absolute Gasteiger partial charge is 0.495 e. The van der Waals surface area contributed by atoms with Crippen LogP contribution in [0, 0.1) is 0 Å². The maximum absolute atomic E-state index is 12.3. The number of aliphatic hydroxyl groups is 1. The van der Waals surface area contributed by atoms with E-state index >= 15 is 0 Å². The van der Waals surface area contributed by atoms with E-state index in [1.54, 1.807) is 32.9 Å². The van der Waals surface area contributed by atoms with Gasteiger partial charge in [-0.2, -0.15) is 5.10 Å². The van der Waals surface area contributed by atoms with Crippen LogP contribution in [0.4, 0.5) is 10.5 Å². The molecule has 1 atom stereocenters. The summed E-state index contributed by atoms with van der Waals surface area (Å²) in [5.41, 5.74) is 4.15. The van der Waals surface area contributed by atoms with Gasteiger partial charge in [0, 0.05) is 67.5 Å². The Morgan fingerprint density at radius 3 is 2.43 bits per heavy atom. The molecule has 2 aliphatic heterocycles. The predicted molar refractivity (Wildman–Crippen MR) is 162 cm³/mol. The number of hydroxylamine groups is 2. The van der Waals surface area contributed by atoms with Crippen LogP contribution in [-0.4, -0.2) is 89.1 Å².